The third-order valence-electron chi connectivity index (χ3n) is 7.86. The van der Waals surface area contributed by atoms with E-state index in [9.17, 15) is 10.2 Å². The molecule has 3 atom stereocenters. The van der Waals surface area contributed by atoms with Gasteiger partial charge in [0.25, 0.3) is 0 Å². The van der Waals surface area contributed by atoms with Crippen LogP contribution in [0.5, 0.6) is 0 Å². The Labute approximate surface area is 234 Å². The van der Waals surface area contributed by atoms with Crippen molar-refractivity contribution in [3.8, 4) is 0 Å². The summed E-state index contributed by atoms with van der Waals surface area (Å²) in [5, 5.41) is 25.9. The molecule has 0 spiro atoms. The van der Waals surface area contributed by atoms with Gasteiger partial charge in [-0.05, 0) is 88.9 Å². The van der Waals surface area contributed by atoms with Gasteiger partial charge in [0.2, 0.25) is 0 Å². The van der Waals surface area contributed by atoms with E-state index in [1.165, 1.54) is 21.5 Å². The molecular weight excluding hydrogens is 539 g/mol. The predicted octanol–water partition coefficient (Wildman–Crippen LogP) is 3.04. The van der Waals surface area contributed by atoms with Crippen molar-refractivity contribution in [2.24, 2.45) is 11.8 Å². The number of hydrogen-bond donors (Lipinski definition) is 2. The molecule has 0 radical (unpaired) electrons. The minimum absolute atomic E-state index is 0. The fourth-order valence-corrected chi connectivity index (χ4v) is 9.91. The first kappa shape index (κ1) is 29.5. The Kier molecular flexibility index (Phi) is 9.75. The Bertz CT molecular complexity index is 1080. The van der Waals surface area contributed by atoms with Gasteiger partial charge < -0.3 is 27.2 Å². The number of rotatable bonds is 8. The van der Waals surface area contributed by atoms with Crippen molar-refractivity contribution < 1.29 is 27.2 Å². The molecule has 0 saturated heterocycles. The van der Waals surface area contributed by atoms with Gasteiger partial charge in [0.15, 0.2) is 0 Å². The van der Waals surface area contributed by atoms with Crippen molar-refractivity contribution in [3.05, 3.63) is 115 Å². The smallest absolute Gasteiger partial charge is 0.115 e. The number of benzene rings is 3. The molecule has 3 aromatic rings. The zero-order valence-corrected chi connectivity index (χ0v) is 24.9. The monoisotopic (exact) mass is 578 g/mol. The molecule has 2 nitrogen and oxygen atoms in total. The predicted molar refractivity (Wildman–Crippen MR) is 156 cm³/mol. The summed E-state index contributed by atoms with van der Waals surface area (Å²) >= 11 is 0. The first-order valence-corrected chi connectivity index (χ1v) is 15.0. The summed E-state index contributed by atoms with van der Waals surface area (Å²) in [5.74, 6) is -0.0288. The number of aliphatic hydroxyl groups is 2. The lowest BCUT2D eigenvalue weighted by Crippen LogP contribution is -3.00. The van der Waals surface area contributed by atoms with Crippen LogP contribution in [0.1, 0.15) is 40.5 Å². The molecule has 37 heavy (non-hydrogen) atoms. The first-order chi connectivity index (χ1) is 17.1. The highest BCUT2D eigenvalue weighted by molar-refractivity contribution is 7.95. The molecule has 0 aromatic heterocycles. The maximum Gasteiger partial charge on any atom is 0.115 e. The molecule has 0 heterocycles. The molecule has 4 heteroatoms. The van der Waals surface area contributed by atoms with Crippen molar-refractivity contribution in [2.45, 2.75) is 51.7 Å². The molecule has 4 rings (SSSR count). The van der Waals surface area contributed by atoms with E-state index in [-0.39, 0.29) is 28.8 Å². The summed E-state index contributed by atoms with van der Waals surface area (Å²) in [6.07, 6.45) is 9.11. The Morgan fingerprint density at radius 1 is 0.892 bits per heavy atom. The van der Waals surface area contributed by atoms with Gasteiger partial charge in [-0.15, -0.1) is 0 Å². The van der Waals surface area contributed by atoms with E-state index in [1.54, 1.807) is 0 Å². The number of hydrogen-bond acceptors (Lipinski definition) is 2. The Balaban J connectivity index is 0.00000380. The van der Waals surface area contributed by atoms with Gasteiger partial charge in [-0.1, -0.05) is 72.3 Å². The van der Waals surface area contributed by atoms with E-state index in [4.69, 9.17) is 0 Å². The molecule has 0 amide bonds. The van der Waals surface area contributed by atoms with Gasteiger partial charge in [0, 0.05) is 5.92 Å². The Hall–Kier alpha value is -2.03. The van der Waals surface area contributed by atoms with Crippen LogP contribution in [-0.4, -0.2) is 27.6 Å². The van der Waals surface area contributed by atoms with Crippen LogP contribution in [0.2, 0.25) is 0 Å². The van der Waals surface area contributed by atoms with Gasteiger partial charge in [-0.3, -0.25) is 0 Å². The minimum Gasteiger partial charge on any atom is -1.00 e. The summed E-state index contributed by atoms with van der Waals surface area (Å²) in [6, 6.07) is 32.8. The zero-order valence-electron chi connectivity index (χ0n) is 22.4. The van der Waals surface area contributed by atoms with E-state index in [0.717, 1.165) is 12.6 Å². The molecule has 0 bridgehead atoms. The largest absolute Gasteiger partial charge is 1.00 e. The van der Waals surface area contributed by atoms with E-state index < -0.39 is 18.5 Å². The van der Waals surface area contributed by atoms with E-state index in [2.05, 4.69) is 116 Å². The second kappa shape index (κ2) is 12.2. The lowest BCUT2D eigenvalue weighted by Gasteiger charge is -2.33. The summed E-state index contributed by atoms with van der Waals surface area (Å²) in [5.41, 5.74) is -0.433. The van der Waals surface area contributed by atoms with Crippen molar-refractivity contribution in [1.29, 1.82) is 0 Å². The third kappa shape index (κ3) is 6.52. The van der Waals surface area contributed by atoms with Gasteiger partial charge in [-0.25, -0.2) is 0 Å². The van der Waals surface area contributed by atoms with Crippen LogP contribution in [0.15, 0.2) is 115 Å². The summed E-state index contributed by atoms with van der Waals surface area (Å²) in [6.45, 7) is 7.78. The van der Waals surface area contributed by atoms with Gasteiger partial charge in [0.1, 0.15) is 23.2 Å². The van der Waals surface area contributed by atoms with E-state index in [0.29, 0.717) is 6.42 Å². The molecule has 0 aliphatic heterocycles. The first-order valence-electron chi connectivity index (χ1n) is 13.0. The molecule has 1 aliphatic carbocycles. The quantitative estimate of drug-likeness (QED) is 0.319. The van der Waals surface area contributed by atoms with Gasteiger partial charge >= 0.3 is 0 Å². The lowest BCUT2D eigenvalue weighted by molar-refractivity contribution is -0.0294. The van der Waals surface area contributed by atoms with Crippen molar-refractivity contribution in [2.75, 3.05) is 6.16 Å². The molecule has 1 fully saturated rings. The van der Waals surface area contributed by atoms with E-state index >= 15 is 0 Å². The normalized spacial score (nSPS) is 22.7. The standard InChI is InChI=1S/C33H40O2P.BrH/c1-26(20-21-31-30(32(2,3)34)22-24-33(31,4)35)23-25-36(27-14-8-5-9-15-27,28-16-10-6-11-17-28)29-18-12-7-13-19-29;/h5-21,23,30-31,34-35H,22,24-25H2,1-4H3;1H/q+1;/p-1/b21-20+,26-23+;/t30-,31+,33-;/m1./s1. The van der Waals surface area contributed by atoms with Crippen LogP contribution in [0.4, 0.5) is 0 Å². The average Bonchev–Trinajstić information content (AvgIpc) is 3.19. The SMILES string of the molecule is CC(/C=C/[C@H]1[C@H](C(C)(C)O)CC[C@@]1(C)O)=C\C[P+](c1ccccc1)(c1ccccc1)c1ccccc1.[Br-]. The molecule has 1 saturated carbocycles. The van der Waals surface area contributed by atoms with Crippen molar-refractivity contribution in [1.82, 2.24) is 0 Å². The molecular formula is C33H40BrO2P. The topological polar surface area (TPSA) is 40.5 Å². The minimum atomic E-state index is -1.92. The summed E-state index contributed by atoms with van der Waals surface area (Å²) in [4.78, 5) is 0. The lowest BCUT2D eigenvalue weighted by atomic mass is 9.78. The summed E-state index contributed by atoms with van der Waals surface area (Å²) < 4.78 is 0. The average molecular weight is 580 g/mol. The van der Waals surface area contributed by atoms with Crippen LogP contribution in [0.25, 0.3) is 0 Å². The van der Waals surface area contributed by atoms with Crippen molar-refractivity contribution in [3.63, 3.8) is 0 Å². The van der Waals surface area contributed by atoms with Gasteiger partial charge in [-0.2, -0.15) is 0 Å². The highest BCUT2D eigenvalue weighted by Crippen LogP contribution is 2.55. The van der Waals surface area contributed by atoms with Crippen LogP contribution >= 0.6 is 7.26 Å². The van der Waals surface area contributed by atoms with E-state index in [1.807, 2.05) is 20.8 Å². The van der Waals surface area contributed by atoms with Crippen LogP contribution in [-0.2, 0) is 0 Å². The number of halogens is 1. The maximum atomic E-state index is 11.0. The van der Waals surface area contributed by atoms with Crippen LogP contribution in [0.3, 0.4) is 0 Å². The van der Waals surface area contributed by atoms with Crippen molar-refractivity contribution >= 4 is 23.2 Å². The van der Waals surface area contributed by atoms with Gasteiger partial charge in [0.05, 0.1) is 17.4 Å². The Morgan fingerprint density at radius 2 is 1.32 bits per heavy atom. The van der Waals surface area contributed by atoms with Crippen LogP contribution < -0.4 is 32.9 Å². The van der Waals surface area contributed by atoms with Crippen LogP contribution in [0, 0.1) is 11.8 Å². The fraction of sp³-hybridized carbons (Fsp3) is 0.333. The number of allylic oxidation sites excluding steroid dienone is 3. The highest BCUT2D eigenvalue weighted by atomic mass is 79.9. The molecule has 1 aliphatic rings. The highest BCUT2D eigenvalue weighted by Gasteiger charge is 2.48. The zero-order chi connectivity index (χ0) is 25.8. The Morgan fingerprint density at radius 3 is 1.73 bits per heavy atom. The maximum absolute atomic E-state index is 11.0. The summed E-state index contributed by atoms with van der Waals surface area (Å²) in [7, 11) is -1.92. The fourth-order valence-electron chi connectivity index (χ4n) is 5.78. The molecule has 0 unspecified atom stereocenters. The molecule has 3 aromatic carbocycles. The second-order valence-electron chi connectivity index (χ2n) is 11.0. The molecule has 196 valence electrons. The third-order valence-corrected chi connectivity index (χ3v) is 12.1. The second-order valence-corrected chi connectivity index (χ2v) is 14.5. The molecule has 2 N–H and O–H groups in total.